The number of aryl methyl sites for hydroxylation is 1. The van der Waals surface area contributed by atoms with Crippen molar-refractivity contribution in [3.63, 3.8) is 0 Å². The second-order valence-electron chi connectivity index (χ2n) is 5.54. The molecule has 3 aromatic rings. The van der Waals surface area contributed by atoms with Gasteiger partial charge in [0, 0.05) is 12.3 Å². The van der Waals surface area contributed by atoms with Crippen molar-refractivity contribution in [3.05, 3.63) is 69.0 Å². The van der Waals surface area contributed by atoms with Gasteiger partial charge in [0.15, 0.2) is 5.82 Å². The molecule has 25 heavy (non-hydrogen) atoms. The molecule has 1 aromatic carbocycles. The number of carbonyl (C=O) groups is 1. The fourth-order valence-corrected chi connectivity index (χ4v) is 3.34. The summed E-state index contributed by atoms with van der Waals surface area (Å²) in [6.07, 6.45) is 0.915. The van der Waals surface area contributed by atoms with Gasteiger partial charge in [0.1, 0.15) is 10.3 Å². The lowest BCUT2D eigenvalue weighted by Crippen LogP contribution is -2.28. The van der Waals surface area contributed by atoms with Gasteiger partial charge in [-0.05, 0) is 46.6 Å². The number of nitrogens with zero attached hydrogens (tertiary/aromatic N) is 3. The number of hydrogen-bond donors (Lipinski definition) is 1. The summed E-state index contributed by atoms with van der Waals surface area (Å²) >= 11 is 9.61. The number of para-hydroxylation sites is 1. The Morgan fingerprint density at radius 2 is 2.16 bits per heavy atom. The lowest BCUT2D eigenvalue weighted by atomic mass is 10.1. The van der Waals surface area contributed by atoms with E-state index < -0.39 is 12.2 Å². The van der Waals surface area contributed by atoms with Crippen LogP contribution in [-0.2, 0) is 4.74 Å². The largest absolute Gasteiger partial charge is 0.432 e. The smallest absolute Gasteiger partial charge is 0.342 e. The van der Waals surface area contributed by atoms with Crippen molar-refractivity contribution in [1.29, 1.82) is 0 Å². The highest BCUT2D eigenvalue weighted by Gasteiger charge is 2.31. The summed E-state index contributed by atoms with van der Waals surface area (Å²) < 4.78 is 7.70. The third-order valence-electron chi connectivity index (χ3n) is 3.91. The summed E-state index contributed by atoms with van der Waals surface area (Å²) in [4.78, 5) is 16.7. The van der Waals surface area contributed by atoms with Crippen molar-refractivity contribution in [1.82, 2.24) is 14.8 Å². The maximum Gasteiger partial charge on any atom is 0.342 e. The van der Waals surface area contributed by atoms with Crippen LogP contribution < -0.4 is 5.32 Å². The van der Waals surface area contributed by atoms with E-state index >= 15 is 0 Å². The summed E-state index contributed by atoms with van der Waals surface area (Å²) in [6, 6.07) is 10.7. The van der Waals surface area contributed by atoms with Gasteiger partial charge in [-0.3, -0.25) is 0 Å². The van der Waals surface area contributed by atoms with Gasteiger partial charge in [-0.15, -0.1) is 0 Å². The minimum atomic E-state index is -0.710. The zero-order chi connectivity index (χ0) is 17.6. The molecule has 2 aromatic heterocycles. The summed E-state index contributed by atoms with van der Waals surface area (Å²) in [7, 11) is 0. The van der Waals surface area contributed by atoms with Crippen LogP contribution in [-0.4, -0.2) is 20.7 Å². The van der Waals surface area contributed by atoms with Crippen LogP contribution in [0.3, 0.4) is 0 Å². The molecule has 0 fully saturated rings. The maximum atomic E-state index is 12.4. The molecule has 0 saturated heterocycles. The first-order valence-electron chi connectivity index (χ1n) is 7.48. The lowest BCUT2D eigenvalue weighted by molar-refractivity contribution is 0.0317. The molecule has 6 nitrogen and oxygen atoms in total. The molecule has 0 bridgehead atoms. The van der Waals surface area contributed by atoms with Crippen LogP contribution in [0.4, 0.5) is 5.69 Å². The number of aromatic nitrogens is 3. The Kier molecular flexibility index (Phi) is 3.97. The third kappa shape index (κ3) is 2.79. The number of hydrogen-bond acceptors (Lipinski definition) is 5. The highest BCUT2D eigenvalue weighted by molar-refractivity contribution is 9.10. The van der Waals surface area contributed by atoms with Gasteiger partial charge in [-0.25, -0.2) is 14.5 Å². The standard InChI is InChI=1S/C17H12BrClN4O2/c1-9-4-2-5-10-14(9)21-16(25-17(10)24)12-8-13(18)22-23(12)15-11(19)6-3-7-20-15/h2-8,16,21H,1H3. The quantitative estimate of drug-likeness (QED) is 0.628. The fraction of sp³-hybridized carbons (Fsp3) is 0.118. The van der Waals surface area contributed by atoms with Crippen LogP contribution in [0.2, 0.25) is 5.02 Å². The second-order valence-corrected chi connectivity index (χ2v) is 6.76. The van der Waals surface area contributed by atoms with E-state index in [0.717, 1.165) is 11.3 Å². The first kappa shape index (κ1) is 16.1. The van der Waals surface area contributed by atoms with E-state index in [1.165, 1.54) is 0 Å². The molecule has 3 heterocycles. The number of rotatable bonds is 2. The zero-order valence-electron chi connectivity index (χ0n) is 13.0. The summed E-state index contributed by atoms with van der Waals surface area (Å²) in [5, 5.41) is 8.08. The average molecular weight is 420 g/mol. The molecule has 126 valence electrons. The Hall–Kier alpha value is -2.38. The van der Waals surface area contributed by atoms with Gasteiger partial charge in [-0.1, -0.05) is 23.7 Å². The molecule has 0 radical (unpaired) electrons. The summed E-state index contributed by atoms with van der Waals surface area (Å²) in [6.45, 7) is 1.93. The topological polar surface area (TPSA) is 69.0 Å². The predicted octanol–water partition coefficient (Wildman–Crippen LogP) is 4.27. The van der Waals surface area contributed by atoms with Crippen LogP contribution in [0.1, 0.15) is 27.8 Å². The van der Waals surface area contributed by atoms with Crippen LogP contribution in [0.25, 0.3) is 5.82 Å². The van der Waals surface area contributed by atoms with E-state index in [-0.39, 0.29) is 0 Å². The number of halogens is 2. The van der Waals surface area contributed by atoms with Gasteiger partial charge in [0.05, 0.1) is 16.3 Å². The normalized spacial score (nSPS) is 16.1. The van der Waals surface area contributed by atoms with E-state index in [4.69, 9.17) is 16.3 Å². The van der Waals surface area contributed by atoms with Gasteiger partial charge >= 0.3 is 5.97 Å². The Bertz CT molecular complexity index is 989. The molecule has 0 aliphatic carbocycles. The highest BCUT2D eigenvalue weighted by Crippen LogP contribution is 2.34. The first-order chi connectivity index (χ1) is 12.0. The number of cyclic esters (lactones) is 1. The van der Waals surface area contributed by atoms with Gasteiger partial charge < -0.3 is 10.1 Å². The van der Waals surface area contributed by atoms with E-state index in [9.17, 15) is 4.79 Å². The van der Waals surface area contributed by atoms with Crippen LogP contribution in [0, 0.1) is 6.92 Å². The molecule has 1 unspecified atom stereocenters. The monoisotopic (exact) mass is 418 g/mol. The molecule has 4 rings (SSSR count). The van der Waals surface area contributed by atoms with E-state index in [1.54, 1.807) is 35.1 Å². The summed E-state index contributed by atoms with van der Waals surface area (Å²) in [5.41, 5.74) is 2.83. The van der Waals surface area contributed by atoms with Crippen LogP contribution in [0.5, 0.6) is 0 Å². The lowest BCUT2D eigenvalue weighted by Gasteiger charge is -2.28. The second kappa shape index (κ2) is 6.16. The van der Waals surface area contributed by atoms with Crippen molar-refractivity contribution in [2.24, 2.45) is 0 Å². The van der Waals surface area contributed by atoms with Crippen molar-refractivity contribution in [3.8, 4) is 5.82 Å². The Labute approximate surface area is 156 Å². The molecule has 1 atom stereocenters. The van der Waals surface area contributed by atoms with Gasteiger partial charge in [0.25, 0.3) is 0 Å². The minimum Gasteiger partial charge on any atom is -0.432 e. The molecule has 1 aliphatic rings. The summed E-state index contributed by atoms with van der Waals surface area (Å²) in [5.74, 6) is 0.0664. The van der Waals surface area contributed by atoms with Crippen molar-refractivity contribution >= 4 is 39.2 Å². The molecular formula is C17H12BrClN4O2. The Morgan fingerprint density at radius 3 is 2.96 bits per heavy atom. The maximum absolute atomic E-state index is 12.4. The first-order valence-corrected chi connectivity index (χ1v) is 8.65. The average Bonchev–Trinajstić information content (AvgIpc) is 2.98. The molecule has 8 heteroatoms. The molecule has 0 spiro atoms. The van der Waals surface area contributed by atoms with Crippen LogP contribution >= 0.6 is 27.5 Å². The molecule has 1 aliphatic heterocycles. The van der Waals surface area contributed by atoms with E-state index in [1.807, 2.05) is 19.1 Å². The molecule has 0 saturated carbocycles. The van der Waals surface area contributed by atoms with Gasteiger partial charge in [0.2, 0.25) is 6.23 Å². The number of pyridine rings is 1. The molecule has 1 N–H and O–H groups in total. The van der Waals surface area contributed by atoms with Crippen molar-refractivity contribution < 1.29 is 9.53 Å². The fourth-order valence-electron chi connectivity index (χ4n) is 2.75. The highest BCUT2D eigenvalue weighted by atomic mass is 79.9. The number of anilines is 1. The number of benzene rings is 1. The number of fused-ring (bicyclic) bond motifs is 1. The van der Waals surface area contributed by atoms with E-state index in [2.05, 4.69) is 31.3 Å². The van der Waals surface area contributed by atoms with Gasteiger partial charge in [-0.2, -0.15) is 5.10 Å². The Balaban J connectivity index is 1.81. The van der Waals surface area contributed by atoms with Crippen molar-refractivity contribution in [2.75, 3.05) is 5.32 Å². The predicted molar refractivity (Wildman–Crippen MR) is 97.0 cm³/mol. The number of carbonyl (C=O) groups excluding carboxylic acids is 1. The number of nitrogens with one attached hydrogen (secondary N) is 1. The minimum absolute atomic E-state index is 0.390. The zero-order valence-corrected chi connectivity index (χ0v) is 15.4. The van der Waals surface area contributed by atoms with E-state index in [0.29, 0.717) is 26.7 Å². The van der Waals surface area contributed by atoms with Crippen LogP contribution in [0.15, 0.2) is 47.2 Å². The number of esters is 1. The third-order valence-corrected chi connectivity index (χ3v) is 4.59. The molecule has 0 amide bonds. The Morgan fingerprint density at radius 1 is 1.32 bits per heavy atom. The SMILES string of the molecule is Cc1cccc2c1NC(c1cc(Br)nn1-c1ncccc1Cl)OC2=O. The number of ether oxygens (including phenoxy) is 1. The molecular weight excluding hydrogens is 408 g/mol. The van der Waals surface area contributed by atoms with Crippen molar-refractivity contribution in [2.45, 2.75) is 13.2 Å².